The summed E-state index contributed by atoms with van der Waals surface area (Å²) in [6.45, 7) is 0. The van der Waals surface area contributed by atoms with Crippen LogP contribution in [0.25, 0.3) is 0 Å². The number of hydrogen-bond donors (Lipinski definition) is 1. The molecule has 29 heavy (non-hydrogen) atoms. The van der Waals surface area contributed by atoms with Crippen LogP contribution in [0.4, 0.5) is 5.69 Å². The van der Waals surface area contributed by atoms with E-state index in [-0.39, 0.29) is 17.4 Å². The molecule has 1 fully saturated rings. The van der Waals surface area contributed by atoms with Gasteiger partial charge in [0.1, 0.15) is 0 Å². The monoisotopic (exact) mass is 407 g/mol. The molecule has 1 N–H and O–H groups in total. The first-order chi connectivity index (χ1) is 14.2. The van der Waals surface area contributed by atoms with Crippen molar-refractivity contribution >= 4 is 29.1 Å². The second kappa shape index (κ2) is 9.00. The molecular weight excluding hydrogens is 386 g/mol. The molecule has 1 heterocycles. The number of benzene rings is 2. The van der Waals surface area contributed by atoms with Gasteiger partial charge in [0, 0.05) is 11.1 Å². The molecule has 3 aromatic rings. The number of carbonyl (C=O) groups excluding carboxylic acids is 2. The van der Waals surface area contributed by atoms with E-state index in [2.05, 4.69) is 20.8 Å². The Morgan fingerprint density at radius 1 is 1.03 bits per heavy atom. The van der Waals surface area contributed by atoms with Crippen molar-refractivity contribution in [1.29, 1.82) is 0 Å². The number of amides is 1. The summed E-state index contributed by atoms with van der Waals surface area (Å²) in [5, 5.41) is 15.4. The normalized spacial score (nSPS) is 14.1. The van der Waals surface area contributed by atoms with Crippen LogP contribution in [0, 0.1) is 0 Å². The predicted molar refractivity (Wildman–Crippen MR) is 111 cm³/mol. The molecule has 1 aliphatic rings. The van der Waals surface area contributed by atoms with E-state index in [1.54, 1.807) is 36.4 Å². The Hall–Kier alpha value is -3.00. The molecule has 148 valence electrons. The van der Waals surface area contributed by atoms with Gasteiger partial charge in [-0.2, -0.15) is 0 Å². The largest absolute Gasteiger partial charge is 0.325 e. The van der Waals surface area contributed by atoms with Crippen LogP contribution in [0.5, 0.6) is 0 Å². The summed E-state index contributed by atoms with van der Waals surface area (Å²) < 4.78 is 1.83. The topological polar surface area (TPSA) is 89.8 Å². The van der Waals surface area contributed by atoms with Gasteiger partial charge in [-0.1, -0.05) is 67.1 Å². The van der Waals surface area contributed by atoms with Crippen LogP contribution < -0.4 is 5.32 Å². The van der Waals surface area contributed by atoms with Gasteiger partial charge in [-0.25, -0.2) is 4.68 Å². The number of ketones is 1. The van der Waals surface area contributed by atoms with E-state index in [4.69, 9.17) is 0 Å². The zero-order chi connectivity index (χ0) is 20.1. The number of hydrogen-bond acceptors (Lipinski definition) is 6. The first-order valence-electron chi connectivity index (χ1n) is 9.61. The molecule has 0 aliphatic heterocycles. The van der Waals surface area contributed by atoms with Gasteiger partial charge >= 0.3 is 0 Å². The van der Waals surface area contributed by atoms with Gasteiger partial charge in [0.25, 0.3) is 0 Å². The van der Waals surface area contributed by atoms with Gasteiger partial charge in [0.2, 0.25) is 11.1 Å². The van der Waals surface area contributed by atoms with Crippen LogP contribution in [-0.4, -0.2) is 37.7 Å². The minimum atomic E-state index is -0.204. The average Bonchev–Trinajstić information content (AvgIpc) is 3.44. The first-order valence-corrected chi connectivity index (χ1v) is 10.6. The van der Waals surface area contributed by atoms with Crippen LogP contribution >= 0.6 is 11.8 Å². The smallest absolute Gasteiger partial charge is 0.234 e. The first kappa shape index (κ1) is 19.3. The lowest BCUT2D eigenvalue weighted by Crippen LogP contribution is -2.17. The van der Waals surface area contributed by atoms with Crippen molar-refractivity contribution in [2.45, 2.75) is 36.9 Å². The van der Waals surface area contributed by atoms with E-state index >= 15 is 0 Å². The van der Waals surface area contributed by atoms with E-state index in [0.29, 0.717) is 28.0 Å². The molecule has 0 unspecified atom stereocenters. The number of nitrogens with zero attached hydrogens (tertiary/aromatic N) is 4. The Bertz CT molecular complexity index is 999. The highest BCUT2D eigenvalue weighted by Gasteiger charge is 2.22. The number of carbonyl (C=O) groups is 2. The summed E-state index contributed by atoms with van der Waals surface area (Å²) in [6, 6.07) is 16.4. The minimum Gasteiger partial charge on any atom is -0.325 e. The Labute approximate surface area is 172 Å². The van der Waals surface area contributed by atoms with Gasteiger partial charge in [-0.15, -0.1) is 5.10 Å². The number of nitrogens with one attached hydrogen (secondary N) is 1. The molecular formula is C21H21N5O2S. The zero-order valence-electron chi connectivity index (χ0n) is 15.8. The Morgan fingerprint density at radius 3 is 2.55 bits per heavy atom. The summed E-state index contributed by atoms with van der Waals surface area (Å²) in [5.41, 5.74) is 1.55. The third-order valence-corrected chi connectivity index (χ3v) is 5.88. The lowest BCUT2D eigenvalue weighted by atomic mass is 10.0. The van der Waals surface area contributed by atoms with Gasteiger partial charge in [0.15, 0.2) is 5.78 Å². The highest BCUT2D eigenvalue weighted by Crippen LogP contribution is 2.31. The SMILES string of the molecule is O=C(CSc1nnnn1C1CCCC1)Nc1ccccc1C(=O)c1ccccc1. The van der Waals surface area contributed by atoms with Crippen LogP contribution in [0.3, 0.4) is 0 Å². The summed E-state index contributed by atoms with van der Waals surface area (Å²) in [6.07, 6.45) is 4.50. The molecule has 2 aromatic carbocycles. The van der Waals surface area contributed by atoms with Crippen molar-refractivity contribution in [3.05, 3.63) is 65.7 Å². The number of para-hydroxylation sites is 1. The molecule has 0 spiro atoms. The molecule has 0 bridgehead atoms. The number of rotatable bonds is 7. The third-order valence-electron chi connectivity index (χ3n) is 4.95. The van der Waals surface area contributed by atoms with Crippen LogP contribution in [0.1, 0.15) is 47.6 Å². The highest BCUT2D eigenvalue weighted by molar-refractivity contribution is 7.99. The fourth-order valence-electron chi connectivity index (χ4n) is 3.51. The lowest BCUT2D eigenvalue weighted by molar-refractivity contribution is -0.113. The molecule has 0 atom stereocenters. The van der Waals surface area contributed by atoms with E-state index in [1.807, 2.05) is 22.9 Å². The van der Waals surface area contributed by atoms with E-state index in [0.717, 1.165) is 12.8 Å². The second-order valence-electron chi connectivity index (χ2n) is 6.92. The summed E-state index contributed by atoms with van der Waals surface area (Å²) >= 11 is 1.31. The van der Waals surface area contributed by atoms with Gasteiger partial charge in [-0.05, 0) is 35.4 Å². The number of thioether (sulfide) groups is 1. The van der Waals surface area contributed by atoms with E-state index < -0.39 is 0 Å². The second-order valence-corrected chi connectivity index (χ2v) is 7.86. The van der Waals surface area contributed by atoms with Gasteiger partial charge in [-0.3, -0.25) is 9.59 Å². The van der Waals surface area contributed by atoms with Crippen LogP contribution in [-0.2, 0) is 4.79 Å². The Balaban J connectivity index is 1.42. The number of tetrazole rings is 1. The maximum absolute atomic E-state index is 12.8. The van der Waals surface area contributed by atoms with Crippen molar-refractivity contribution in [2.75, 3.05) is 11.1 Å². The Kier molecular flexibility index (Phi) is 6.00. The lowest BCUT2D eigenvalue weighted by Gasteiger charge is -2.12. The van der Waals surface area contributed by atoms with E-state index in [1.165, 1.54) is 24.6 Å². The van der Waals surface area contributed by atoms with Crippen molar-refractivity contribution in [3.63, 3.8) is 0 Å². The van der Waals surface area contributed by atoms with Crippen molar-refractivity contribution in [3.8, 4) is 0 Å². The Morgan fingerprint density at radius 2 is 1.76 bits per heavy atom. The zero-order valence-corrected chi connectivity index (χ0v) is 16.6. The summed E-state index contributed by atoms with van der Waals surface area (Å²) in [7, 11) is 0. The maximum Gasteiger partial charge on any atom is 0.234 e. The quantitative estimate of drug-likeness (QED) is 0.474. The molecule has 4 rings (SSSR count). The van der Waals surface area contributed by atoms with Gasteiger partial charge in [0.05, 0.1) is 17.5 Å². The molecule has 0 radical (unpaired) electrons. The third kappa shape index (κ3) is 4.54. The van der Waals surface area contributed by atoms with E-state index in [9.17, 15) is 9.59 Å². The van der Waals surface area contributed by atoms with Crippen LogP contribution in [0.2, 0.25) is 0 Å². The van der Waals surface area contributed by atoms with Crippen molar-refractivity contribution in [1.82, 2.24) is 20.2 Å². The number of aromatic nitrogens is 4. The molecule has 1 amide bonds. The molecule has 0 saturated heterocycles. The standard InChI is InChI=1S/C21H21N5O2S/c27-19(14-29-21-23-24-25-26(21)16-10-4-5-11-16)22-18-13-7-6-12-17(18)20(28)15-8-2-1-3-9-15/h1-3,6-9,12-13,16H,4-5,10-11,14H2,(H,22,27). The van der Waals surface area contributed by atoms with Crippen molar-refractivity contribution in [2.24, 2.45) is 0 Å². The predicted octanol–water partition coefficient (Wildman–Crippen LogP) is 3.75. The molecule has 1 aromatic heterocycles. The minimum absolute atomic E-state index is 0.126. The summed E-state index contributed by atoms with van der Waals surface area (Å²) in [4.78, 5) is 25.3. The fraction of sp³-hybridized carbons (Fsp3) is 0.286. The van der Waals surface area contributed by atoms with Gasteiger partial charge < -0.3 is 5.32 Å². The van der Waals surface area contributed by atoms with Crippen molar-refractivity contribution < 1.29 is 9.59 Å². The molecule has 7 nitrogen and oxygen atoms in total. The highest BCUT2D eigenvalue weighted by atomic mass is 32.2. The number of anilines is 1. The van der Waals surface area contributed by atoms with Crippen LogP contribution in [0.15, 0.2) is 59.8 Å². The molecule has 1 aliphatic carbocycles. The summed E-state index contributed by atoms with van der Waals surface area (Å²) in [5.74, 6) is -0.162. The maximum atomic E-state index is 12.8. The average molecular weight is 407 g/mol. The molecule has 8 heteroatoms. The molecule has 1 saturated carbocycles. The fourth-order valence-corrected chi connectivity index (χ4v) is 4.25.